The molecule has 2 rings (SSSR count). The Bertz CT molecular complexity index is 773. The van der Waals surface area contributed by atoms with Crippen LogP contribution in [0.5, 0.6) is 5.75 Å². The predicted octanol–water partition coefficient (Wildman–Crippen LogP) is 2.54. The summed E-state index contributed by atoms with van der Waals surface area (Å²) >= 11 is 11.9. The highest BCUT2D eigenvalue weighted by Gasteiger charge is 2.28. The molecule has 1 saturated heterocycles. The van der Waals surface area contributed by atoms with Crippen molar-refractivity contribution in [1.82, 2.24) is 10.2 Å². The average molecular weight is 415 g/mol. The second-order valence-electron chi connectivity index (χ2n) is 6.30. The maximum absolute atomic E-state index is 12.3. The fourth-order valence-corrected chi connectivity index (χ4v) is 3.10. The molecule has 0 radical (unpaired) electrons. The molecule has 146 valence electrons. The minimum absolute atomic E-state index is 0.0219. The lowest BCUT2D eigenvalue weighted by Crippen LogP contribution is -2.46. The number of piperidine rings is 1. The van der Waals surface area contributed by atoms with Gasteiger partial charge in [0.15, 0.2) is 0 Å². The van der Waals surface area contributed by atoms with Gasteiger partial charge >= 0.3 is 5.97 Å². The number of aromatic hydroxyl groups is 1. The van der Waals surface area contributed by atoms with Crippen molar-refractivity contribution < 1.29 is 24.6 Å². The highest BCUT2D eigenvalue weighted by Crippen LogP contribution is 2.34. The zero-order valence-electron chi connectivity index (χ0n) is 14.6. The molecule has 7 nitrogen and oxygen atoms in total. The predicted molar refractivity (Wildman–Crippen MR) is 102 cm³/mol. The molecule has 9 heteroatoms. The Morgan fingerprint density at radius 3 is 2.44 bits per heavy atom. The van der Waals surface area contributed by atoms with Gasteiger partial charge in [0.2, 0.25) is 11.8 Å². The van der Waals surface area contributed by atoms with Crippen molar-refractivity contribution in [2.75, 3.05) is 13.1 Å². The third-order valence-corrected chi connectivity index (χ3v) is 5.29. The van der Waals surface area contributed by atoms with Gasteiger partial charge in [-0.25, -0.2) is 0 Å². The maximum atomic E-state index is 12.3. The van der Waals surface area contributed by atoms with E-state index in [0.717, 1.165) is 0 Å². The first-order valence-corrected chi connectivity index (χ1v) is 9.13. The van der Waals surface area contributed by atoms with Crippen molar-refractivity contribution in [2.24, 2.45) is 5.92 Å². The van der Waals surface area contributed by atoms with Crippen molar-refractivity contribution in [3.8, 4) is 5.75 Å². The molecule has 0 spiro atoms. The number of amides is 2. The first-order chi connectivity index (χ1) is 12.7. The minimum atomic E-state index is -1.09. The molecule has 1 atom stereocenters. The molecule has 0 aromatic heterocycles. The number of carboxylic acid groups (broad SMARTS) is 1. The van der Waals surface area contributed by atoms with E-state index in [-0.39, 0.29) is 33.5 Å². The van der Waals surface area contributed by atoms with Crippen LogP contribution in [0, 0.1) is 5.92 Å². The van der Waals surface area contributed by atoms with E-state index < -0.39 is 12.0 Å². The largest absolute Gasteiger partial charge is 0.506 e. The van der Waals surface area contributed by atoms with E-state index in [1.807, 2.05) is 0 Å². The topological polar surface area (TPSA) is 107 Å². The molecule has 1 aromatic rings. The summed E-state index contributed by atoms with van der Waals surface area (Å²) in [6.07, 6.45) is 3.80. The average Bonchev–Trinajstić information content (AvgIpc) is 2.65. The van der Waals surface area contributed by atoms with E-state index in [2.05, 4.69) is 5.32 Å². The molecule has 0 aliphatic carbocycles. The second-order valence-corrected chi connectivity index (χ2v) is 7.06. The Labute approximate surface area is 166 Å². The molecule has 1 heterocycles. The quantitative estimate of drug-likeness (QED) is 0.641. The number of carboxylic acids is 1. The molecular weight excluding hydrogens is 395 g/mol. The summed E-state index contributed by atoms with van der Waals surface area (Å²) in [5, 5.41) is 21.0. The Morgan fingerprint density at radius 1 is 1.22 bits per heavy atom. The Hall–Kier alpha value is -2.25. The zero-order chi connectivity index (χ0) is 20.1. The lowest BCUT2D eigenvalue weighted by Gasteiger charge is -2.31. The number of carbonyl (C=O) groups excluding carboxylic acids is 2. The van der Waals surface area contributed by atoms with Gasteiger partial charge in [-0.15, -0.1) is 0 Å². The molecule has 0 bridgehead atoms. The molecule has 27 heavy (non-hydrogen) atoms. The Kier molecular flexibility index (Phi) is 7.10. The van der Waals surface area contributed by atoms with E-state index in [0.29, 0.717) is 31.5 Å². The van der Waals surface area contributed by atoms with Gasteiger partial charge in [0, 0.05) is 25.1 Å². The highest BCUT2D eigenvalue weighted by atomic mass is 35.5. The molecule has 0 saturated carbocycles. The van der Waals surface area contributed by atoms with Crippen LogP contribution in [0.15, 0.2) is 18.2 Å². The van der Waals surface area contributed by atoms with Crippen molar-refractivity contribution in [2.45, 2.75) is 25.8 Å². The van der Waals surface area contributed by atoms with Crippen molar-refractivity contribution in [1.29, 1.82) is 0 Å². The number of nitrogens with one attached hydrogen (secondary N) is 1. The van der Waals surface area contributed by atoms with Crippen LogP contribution in [0.3, 0.4) is 0 Å². The number of nitrogens with zero attached hydrogens (tertiary/aromatic N) is 1. The summed E-state index contributed by atoms with van der Waals surface area (Å²) in [4.78, 5) is 36.8. The van der Waals surface area contributed by atoms with Crippen LogP contribution in [0.2, 0.25) is 10.0 Å². The van der Waals surface area contributed by atoms with Crippen LogP contribution in [-0.2, 0) is 14.4 Å². The minimum Gasteiger partial charge on any atom is -0.506 e. The number of rotatable bonds is 5. The number of phenolic OH excluding ortho intramolecular Hbond substituents is 1. The second kappa shape index (κ2) is 9.10. The van der Waals surface area contributed by atoms with Crippen LogP contribution in [0.25, 0.3) is 6.08 Å². The molecule has 1 fully saturated rings. The van der Waals surface area contributed by atoms with Crippen molar-refractivity contribution >= 4 is 47.1 Å². The van der Waals surface area contributed by atoms with E-state index in [1.54, 1.807) is 11.0 Å². The third-order valence-electron chi connectivity index (χ3n) is 4.40. The number of hydrogen-bond acceptors (Lipinski definition) is 4. The van der Waals surface area contributed by atoms with Crippen molar-refractivity contribution in [3.63, 3.8) is 0 Å². The lowest BCUT2D eigenvalue weighted by atomic mass is 9.95. The number of likely N-dealkylation sites (tertiary alicyclic amines) is 1. The lowest BCUT2D eigenvalue weighted by molar-refractivity contribution is -0.142. The van der Waals surface area contributed by atoms with Gasteiger partial charge < -0.3 is 20.4 Å². The van der Waals surface area contributed by atoms with Crippen LogP contribution < -0.4 is 5.32 Å². The fraction of sp³-hybridized carbons (Fsp3) is 0.389. The van der Waals surface area contributed by atoms with Gasteiger partial charge in [-0.2, -0.15) is 0 Å². The van der Waals surface area contributed by atoms with E-state index >= 15 is 0 Å². The normalized spacial score (nSPS) is 16.3. The van der Waals surface area contributed by atoms with E-state index in [9.17, 15) is 19.5 Å². The van der Waals surface area contributed by atoms with Gasteiger partial charge in [0.05, 0.1) is 5.02 Å². The number of benzene rings is 1. The van der Waals surface area contributed by atoms with Gasteiger partial charge in [-0.1, -0.05) is 23.2 Å². The van der Waals surface area contributed by atoms with Crippen LogP contribution in [0.4, 0.5) is 0 Å². The number of aliphatic carboxylic acids is 1. The molecule has 1 aliphatic rings. The van der Waals surface area contributed by atoms with Crippen LogP contribution >= 0.6 is 23.2 Å². The fourth-order valence-electron chi connectivity index (χ4n) is 2.70. The summed E-state index contributed by atoms with van der Waals surface area (Å²) < 4.78 is 0. The van der Waals surface area contributed by atoms with Gasteiger partial charge in [0.1, 0.15) is 16.8 Å². The van der Waals surface area contributed by atoms with Gasteiger partial charge in [0.25, 0.3) is 0 Å². The van der Waals surface area contributed by atoms with Crippen LogP contribution in [-0.4, -0.2) is 52.0 Å². The summed E-state index contributed by atoms with van der Waals surface area (Å²) in [7, 11) is 0. The molecule has 1 aromatic carbocycles. The zero-order valence-corrected chi connectivity index (χ0v) is 16.1. The monoisotopic (exact) mass is 414 g/mol. The third kappa shape index (κ3) is 5.37. The molecule has 1 aliphatic heterocycles. The van der Waals surface area contributed by atoms with Crippen molar-refractivity contribution in [3.05, 3.63) is 33.8 Å². The standard InChI is InChI=1S/C18H20Cl2N2O5/c1-10(18(26)27)21-17(25)12-6-8-22(9-7-12)14(24)5-3-11-2-4-13(23)16(20)15(11)19/h2-5,10,12,23H,6-9H2,1H3,(H,21,25)(H,26,27)/b5-3+/t10-/m0/s1. The highest BCUT2D eigenvalue weighted by molar-refractivity contribution is 6.43. The summed E-state index contributed by atoms with van der Waals surface area (Å²) in [5.74, 6) is -2.08. The van der Waals surface area contributed by atoms with E-state index in [1.165, 1.54) is 25.1 Å². The Balaban J connectivity index is 1.90. The number of hydrogen-bond donors (Lipinski definition) is 3. The summed E-state index contributed by atoms with van der Waals surface area (Å²) in [6, 6.07) is 2.00. The maximum Gasteiger partial charge on any atom is 0.325 e. The first-order valence-electron chi connectivity index (χ1n) is 8.37. The molecule has 3 N–H and O–H groups in total. The number of carbonyl (C=O) groups is 3. The molecular formula is C18H20Cl2N2O5. The van der Waals surface area contributed by atoms with Gasteiger partial charge in [-0.05, 0) is 43.5 Å². The van der Waals surface area contributed by atoms with E-state index in [4.69, 9.17) is 28.3 Å². The first kappa shape index (κ1) is 21.1. The Morgan fingerprint density at radius 2 is 1.85 bits per heavy atom. The van der Waals surface area contributed by atoms with Gasteiger partial charge in [-0.3, -0.25) is 14.4 Å². The summed E-state index contributed by atoms with van der Waals surface area (Å²) in [5.41, 5.74) is 0.504. The number of halogens is 2. The smallest absolute Gasteiger partial charge is 0.325 e. The number of phenols is 1. The molecule has 0 unspecified atom stereocenters. The SMILES string of the molecule is C[C@H](NC(=O)C1CCN(C(=O)/C=C/c2ccc(O)c(Cl)c2Cl)CC1)C(=O)O. The molecule has 2 amide bonds. The summed E-state index contributed by atoms with van der Waals surface area (Å²) in [6.45, 7) is 2.20. The van der Waals surface area contributed by atoms with Crippen LogP contribution in [0.1, 0.15) is 25.3 Å².